The highest BCUT2D eigenvalue weighted by molar-refractivity contribution is 6.15. The van der Waals surface area contributed by atoms with Crippen molar-refractivity contribution in [3.05, 3.63) is 180 Å². The van der Waals surface area contributed by atoms with E-state index in [0.29, 0.717) is 0 Å². The minimum Gasteiger partial charge on any atom is -0.456 e. The van der Waals surface area contributed by atoms with Gasteiger partial charge in [-0.25, -0.2) is 4.99 Å². The SMILES string of the molecule is c1ccc(C2N=C(c3ccc4ccccc4c3)NC(c3cccc4oc5cc(-c6cc7ccccc7c7ccccc67)ccc5c34)N2)cc1. The molecular formula is C45H31N3O. The minimum absolute atomic E-state index is 0.210. The van der Waals surface area contributed by atoms with Crippen molar-refractivity contribution in [2.24, 2.45) is 4.99 Å². The molecule has 9 aromatic rings. The van der Waals surface area contributed by atoms with Gasteiger partial charge < -0.3 is 9.73 Å². The van der Waals surface area contributed by atoms with Crippen LogP contribution < -0.4 is 10.6 Å². The number of nitrogens with one attached hydrogen (secondary N) is 2. The van der Waals surface area contributed by atoms with Crippen LogP contribution in [-0.4, -0.2) is 5.84 Å². The van der Waals surface area contributed by atoms with E-state index < -0.39 is 0 Å². The molecule has 1 aromatic heterocycles. The van der Waals surface area contributed by atoms with E-state index in [1.54, 1.807) is 0 Å². The Morgan fingerprint density at radius 3 is 2.10 bits per heavy atom. The number of hydrogen-bond donors (Lipinski definition) is 2. The Balaban J connectivity index is 1.10. The van der Waals surface area contributed by atoms with E-state index in [4.69, 9.17) is 9.41 Å². The highest BCUT2D eigenvalue weighted by atomic mass is 16.3. The molecule has 0 spiro atoms. The predicted octanol–water partition coefficient (Wildman–Crippen LogP) is 11.0. The molecule has 0 aliphatic carbocycles. The lowest BCUT2D eigenvalue weighted by atomic mass is 9.92. The maximum absolute atomic E-state index is 6.63. The Labute approximate surface area is 283 Å². The summed E-state index contributed by atoms with van der Waals surface area (Å²) in [5.41, 5.74) is 7.37. The lowest BCUT2D eigenvalue weighted by molar-refractivity contribution is 0.411. The lowest BCUT2D eigenvalue weighted by Gasteiger charge is -2.32. The molecule has 0 saturated carbocycles. The first kappa shape index (κ1) is 27.8. The number of nitrogens with zero attached hydrogens (tertiary/aromatic N) is 1. The van der Waals surface area contributed by atoms with Crippen LogP contribution in [0.25, 0.3) is 65.4 Å². The second-order valence-electron chi connectivity index (χ2n) is 12.8. The molecule has 0 saturated heterocycles. The van der Waals surface area contributed by atoms with E-state index in [9.17, 15) is 0 Å². The van der Waals surface area contributed by atoms with E-state index >= 15 is 0 Å². The van der Waals surface area contributed by atoms with E-state index in [0.717, 1.165) is 50.0 Å². The Morgan fingerprint density at radius 2 is 1.22 bits per heavy atom. The monoisotopic (exact) mass is 629 g/mol. The summed E-state index contributed by atoms with van der Waals surface area (Å²) < 4.78 is 6.63. The summed E-state index contributed by atoms with van der Waals surface area (Å²) in [5.74, 6) is 0.860. The summed E-state index contributed by atoms with van der Waals surface area (Å²) in [4.78, 5) is 5.20. The summed E-state index contributed by atoms with van der Waals surface area (Å²) in [5, 5.41) is 17.2. The van der Waals surface area contributed by atoms with Crippen LogP contribution in [0.2, 0.25) is 0 Å². The first-order valence-corrected chi connectivity index (χ1v) is 16.8. The fraction of sp³-hybridized carbons (Fsp3) is 0.0444. The van der Waals surface area contributed by atoms with Crippen molar-refractivity contribution in [3.63, 3.8) is 0 Å². The van der Waals surface area contributed by atoms with Gasteiger partial charge in [0, 0.05) is 21.9 Å². The summed E-state index contributed by atoms with van der Waals surface area (Å²) in [6, 6.07) is 58.1. The van der Waals surface area contributed by atoms with E-state index in [-0.39, 0.29) is 12.3 Å². The number of benzene rings is 8. The van der Waals surface area contributed by atoms with Crippen molar-refractivity contribution in [1.29, 1.82) is 0 Å². The third-order valence-corrected chi connectivity index (χ3v) is 9.92. The average Bonchev–Trinajstić information content (AvgIpc) is 3.56. The molecule has 2 heterocycles. The van der Waals surface area contributed by atoms with Crippen LogP contribution >= 0.6 is 0 Å². The molecular weight excluding hydrogens is 599 g/mol. The van der Waals surface area contributed by atoms with Crippen LogP contribution in [0.1, 0.15) is 29.0 Å². The first-order chi connectivity index (χ1) is 24.3. The van der Waals surface area contributed by atoms with Crippen LogP contribution in [0, 0.1) is 0 Å². The molecule has 8 aromatic carbocycles. The molecule has 4 heteroatoms. The average molecular weight is 630 g/mol. The van der Waals surface area contributed by atoms with Gasteiger partial charge in [0.1, 0.15) is 29.3 Å². The quantitative estimate of drug-likeness (QED) is 0.190. The Bertz CT molecular complexity index is 2740. The van der Waals surface area contributed by atoms with Crippen LogP contribution in [0.5, 0.6) is 0 Å². The van der Waals surface area contributed by atoms with E-state index in [2.05, 4.69) is 168 Å². The van der Waals surface area contributed by atoms with Gasteiger partial charge in [0.25, 0.3) is 0 Å². The molecule has 0 bridgehead atoms. The molecule has 2 N–H and O–H groups in total. The summed E-state index contributed by atoms with van der Waals surface area (Å²) >= 11 is 0. The molecule has 1 aliphatic heterocycles. The summed E-state index contributed by atoms with van der Waals surface area (Å²) in [6.07, 6.45) is -0.437. The number of aliphatic imine (C=N–C) groups is 1. The molecule has 4 nitrogen and oxygen atoms in total. The number of rotatable bonds is 4. The largest absolute Gasteiger partial charge is 0.456 e. The highest BCUT2D eigenvalue weighted by Gasteiger charge is 2.28. The molecule has 49 heavy (non-hydrogen) atoms. The molecule has 0 fully saturated rings. The van der Waals surface area contributed by atoms with Crippen LogP contribution in [0.15, 0.2) is 173 Å². The number of fused-ring (bicyclic) bond motifs is 7. The van der Waals surface area contributed by atoms with Crippen LogP contribution in [0.3, 0.4) is 0 Å². The van der Waals surface area contributed by atoms with Crippen molar-refractivity contribution in [2.45, 2.75) is 12.3 Å². The molecule has 2 atom stereocenters. The number of furan rings is 1. The predicted molar refractivity (Wildman–Crippen MR) is 203 cm³/mol. The van der Waals surface area contributed by atoms with E-state index in [1.807, 2.05) is 6.07 Å². The first-order valence-electron chi connectivity index (χ1n) is 16.8. The molecule has 1 aliphatic rings. The van der Waals surface area contributed by atoms with Crippen molar-refractivity contribution in [3.8, 4) is 11.1 Å². The van der Waals surface area contributed by atoms with Gasteiger partial charge in [-0.2, -0.15) is 0 Å². The molecule has 0 radical (unpaired) electrons. The van der Waals surface area contributed by atoms with Crippen LogP contribution in [-0.2, 0) is 0 Å². The number of hydrogen-bond acceptors (Lipinski definition) is 4. The Hall–Kier alpha value is -6.23. The van der Waals surface area contributed by atoms with Gasteiger partial charge in [-0.3, -0.25) is 5.32 Å². The fourth-order valence-corrected chi connectivity index (χ4v) is 7.56. The number of amidine groups is 1. The second-order valence-corrected chi connectivity index (χ2v) is 12.8. The zero-order chi connectivity index (χ0) is 32.3. The van der Waals surface area contributed by atoms with Crippen molar-refractivity contribution < 1.29 is 4.42 Å². The minimum atomic E-state index is -0.227. The maximum Gasteiger partial charge on any atom is 0.136 e. The van der Waals surface area contributed by atoms with Gasteiger partial charge in [-0.05, 0) is 79.3 Å². The third kappa shape index (κ3) is 4.68. The summed E-state index contributed by atoms with van der Waals surface area (Å²) in [7, 11) is 0. The molecule has 10 rings (SSSR count). The molecule has 2 unspecified atom stereocenters. The molecule has 0 amide bonds. The van der Waals surface area contributed by atoms with Crippen LogP contribution in [0.4, 0.5) is 0 Å². The van der Waals surface area contributed by atoms with Crippen molar-refractivity contribution in [2.75, 3.05) is 0 Å². The summed E-state index contributed by atoms with van der Waals surface area (Å²) in [6.45, 7) is 0. The standard InChI is InChI=1S/C45H31N3O/c1-2-12-29(13-3-1)43-46-44(33-22-21-28-11-4-5-14-30(28)25-33)48-45(47-43)38-19-10-20-40-42(38)37-24-23-32(27-41(37)49-40)39-26-31-15-6-7-16-34(31)35-17-8-9-18-36(35)39/h1-27,43,45,47H,(H,46,48). The van der Waals surface area contributed by atoms with Gasteiger partial charge in [0.15, 0.2) is 0 Å². The van der Waals surface area contributed by atoms with E-state index in [1.165, 1.54) is 37.9 Å². The Morgan fingerprint density at radius 1 is 0.490 bits per heavy atom. The van der Waals surface area contributed by atoms with Gasteiger partial charge >= 0.3 is 0 Å². The Kier molecular flexibility index (Phi) is 6.36. The zero-order valence-electron chi connectivity index (χ0n) is 26.6. The zero-order valence-corrected chi connectivity index (χ0v) is 26.6. The topological polar surface area (TPSA) is 49.6 Å². The van der Waals surface area contributed by atoms with Gasteiger partial charge in [0.05, 0.1) is 0 Å². The van der Waals surface area contributed by atoms with Gasteiger partial charge in [-0.15, -0.1) is 0 Å². The second kappa shape index (κ2) is 11.2. The van der Waals surface area contributed by atoms with Crippen molar-refractivity contribution in [1.82, 2.24) is 10.6 Å². The van der Waals surface area contributed by atoms with Gasteiger partial charge in [0.2, 0.25) is 0 Å². The smallest absolute Gasteiger partial charge is 0.136 e. The molecule has 232 valence electrons. The third-order valence-electron chi connectivity index (χ3n) is 9.92. The lowest BCUT2D eigenvalue weighted by Crippen LogP contribution is -2.45. The van der Waals surface area contributed by atoms with Gasteiger partial charge in [-0.1, -0.05) is 133 Å². The highest BCUT2D eigenvalue weighted by Crippen LogP contribution is 2.40. The maximum atomic E-state index is 6.63. The van der Waals surface area contributed by atoms with Crippen molar-refractivity contribution >= 4 is 60.1 Å². The normalized spacial score (nSPS) is 16.4. The fourth-order valence-electron chi connectivity index (χ4n) is 7.56.